The van der Waals surface area contributed by atoms with Crippen molar-refractivity contribution in [3.63, 3.8) is 0 Å². The molecule has 1 amide bonds. The van der Waals surface area contributed by atoms with Crippen molar-refractivity contribution >= 4 is 5.91 Å². The van der Waals surface area contributed by atoms with E-state index in [0.29, 0.717) is 5.92 Å². The second-order valence-electron chi connectivity index (χ2n) is 5.75. The van der Waals surface area contributed by atoms with Crippen molar-refractivity contribution in [2.24, 2.45) is 11.7 Å². The molecule has 0 saturated carbocycles. The number of hydrogen-bond acceptors (Lipinski definition) is 4. The Morgan fingerprint density at radius 3 is 2.63 bits per heavy atom. The Labute approximate surface area is 117 Å². The van der Waals surface area contributed by atoms with Crippen LogP contribution in [-0.4, -0.2) is 68.2 Å². The van der Waals surface area contributed by atoms with Crippen LogP contribution in [0.3, 0.4) is 0 Å². The van der Waals surface area contributed by atoms with Crippen LogP contribution < -0.4 is 5.73 Å². The number of amides is 1. The first kappa shape index (κ1) is 16.4. The molecule has 0 unspecified atom stereocenters. The minimum atomic E-state index is -0.342. The summed E-state index contributed by atoms with van der Waals surface area (Å²) in [6.45, 7) is 9.46. The maximum absolute atomic E-state index is 12.3. The lowest BCUT2D eigenvalue weighted by atomic mass is 10.0. The van der Waals surface area contributed by atoms with Crippen LogP contribution >= 0.6 is 0 Å². The number of carbonyl (C=O) groups is 1. The van der Waals surface area contributed by atoms with E-state index in [2.05, 4.69) is 18.7 Å². The average molecular weight is 271 g/mol. The second-order valence-corrected chi connectivity index (χ2v) is 5.75. The molecule has 1 heterocycles. The first-order chi connectivity index (χ1) is 9.04. The van der Waals surface area contributed by atoms with E-state index in [1.165, 1.54) is 0 Å². The summed E-state index contributed by atoms with van der Waals surface area (Å²) >= 11 is 0. The number of rotatable bonds is 6. The van der Waals surface area contributed by atoms with Gasteiger partial charge in [-0.15, -0.1) is 0 Å². The Bertz CT molecular complexity index is 271. The number of hydrogen-bond donors (Lipinski definition) is 1. The fourth-order valence-electron chi connectivity index (χ4n) is 2.48. The van der Waals surface area contributed by atoms with E-state index in [1.54, 1.807) is 7.11 Å². The first-order valence-corrected chi connectivity index (χ1v) is 7.30. The molecule has 1 saturated heterocycles. The van der Waals surface area contributed by atoms with E-state index in [4.69, 9.17) is 10.5 Å². The highest BCUT2D eigenvalue weighted by Gasteiger charge is 2.23. The number of ether oxygens (including phenoxy) is 1. The third-order valence-corrected chi connectivity index (χ3v) is 3.55. The van der Waals surface area contributed by atoms with Crippen molar-refractivity contribution in [1.82, 2.24) is 9.80 Å². The van der Waals surface area contributed by atoms with Crippen molar-refractivity contribution in [2.45, 2.75) is 32.7 Å². The smallest absolute Gasteiger partial charge is 0.239 e. The Morgan fingerprint density at radius 1 is 1.26 bits per heavy atom. The van der Waals surface area contributed by atoms with E-state index < -0.39 is 0 Å². The molecule has 0 radical (unpaired) electrons. The number of methoxy groups -OCH3 is 1. The fraction of sp³-hybridized carbons (Fsp3) is 0.929. The van der Waals surface area contributed by atoms with Crippen LogP contribution in [-0.2, 0) is 9.53 Å². The molecule has 1 aliphatic heterocycles. The molecule has 0 spiro atoms. The quantitative estimate of drug-likeness (QED) is 0.766. The zero-order valence-electron chi connectivity index (χ0n) is 12.6. The van der Waals surface area contributed by atoms with Crippen LogP contribution in [0.25, 0.3) is 0 Å². The molecule has 1 aliphatic rings. The van der Waals surface area contributed by atoms with Gasteiger partial charge in [-0.05, 0) is 25.3 Å². The van der Waals surface area contributed by atoms with Gasteiger partial charge in [0.2, 0.25) is 5.91 Å². The normalized spacial score (nSPS) is 19.5. The highest BCUT2D eigenvalue weighted by molar-refractivity contribution is 5.81. The number of nitrogens with two attached hydrogens (primary N) is 1. The van der Waals surface area contributed by atoms with E-state index in [9.17, 15) is 4.79 Å². The average Bonchev–Trinajstić information content (AvgIpc) is 2.60. The molecule has 5 nitrogen and oxygen atoms in total. The van der Waals surface area contributed by atoms with Gasteiger partial charge >= 0.3 is 0 Å². The maximum Gasteiger partial charge on any atom is 0.239 e. The number of carbonyl (C=O) groups excluding carboxylic acids is 1. The highest BCUT2D eigenvalue weighted by Crippen LogP contribution is 2.09. The summed E-state index contributed by atoms with van der Waals surface area (Å²) in [6.07, 6.45) is 1.78. The van der Waals surface area contributed by atoms with Crippen LogP contribution in [0.15, 0.2) is 0 Å². The standard InChI is InChI=1S/C14H29N3O2/c1-12(2)11-13(15)14(18)17-6-4-5-16(7-8-17)9-10-19-3/h12-13H,4-11,15H2,1-3H3/t13-/m0/s1. The van der Waals surface area contributed by atoms with Gasteiger partial charge in [-0.3, -0.25) is 9.69 Å². The lowest BCUT2D eigenvalue weighted by Crippen LogP contribution is -2.45. The molecule has 0 aliphatic carbocycles. The molecule has 0 bridgehead atoms. The maximum atomic E-state index is 12.3. The summed E-state index contributed by atoms with van der Waals surface area (Å²) in [5.74, 6) is 0.575. The summed E-state index contributed by atoms with van der Waals surface area (Å²) in [6, 6.07) is -0.342. The van der Waals surface area contributed by atoms with Crippen LogP contribution in [0, 0.1) is 5.92 Å². The van der Waals surface area contributed by atoms with Crippen LogP contribution in [0.5, 0.6) is 0 Å². The summed E-state index contributed by atoms with van der Waals surface area (Å²) in [7, 11) is 1.72. The van der Waals surface area contributed by atoms with Crippen molar-refractivity contribution in [1.29, 1.82) is 0 Å². The van der Waals surface area contributed by atoms with Crippen LogP contribution in [0.1, 0.15) is 26.7 Å². The third-order valence-electron chi connectivity index (χ3n) is 3.55. The molecular weight excluding hydrogens is 242 g/mol. The van der Waals surface area contributed by atoms with Gasteiger partial charge < -0.3 is 15.4 Å². The molecule has 0 aromatic heterocycles. The van der Waals surface area contributed by atoms with E-state index >= 15 is 0 Å². The summed E-state index contributed by atoms with van der Waals surface area (Å²) < 4.78 is 5.10. The third kappa shape index (κ3) is 5.89. The molecule has 5 heteroatoms. The zero-order chi connectivity index (χ0) is 14.3. The summed E-state index contributed by atoms with van der Waals surface area (Å²) in [5.41, 5.74) is 5.99. The van der Waals surface area contributed by atoms with Crippen molar-refractivity contribution < 1.29 is 9.53 Å². The fourth-order valence-corrected chi connectivity index (χ4v) is 2.48. The lowest BCUT2D eigenvalue weighted by Gasteiger charge is -2.25. The van der Waals surface area contributed by atoms with Gasteiger partial charge in [-0.2, -0.15) is 0 Å². The van der Waals surface area contributed by atoms with Gasteiger partial charge in [0, 0.05) is 33.3 Å². The van der Waals surface area contributed by atoms with Crippen molar-refractivity contribution in [3.05, 3.63) is 0 Å². The topological polar surface area (TPSA) is 58.8 Å². The minimum absolute atomic E-state index is 0.113. The zero-order valence-corrected chi connectivity index (χ0v) is 12.6. The Morgan fingerprint density at radius 2 is 2.00 bits per heavy atom. The largest absolute Gasteiger partial charge is 0.383 e. The summed E-state index contributed by atoms with van der Waals surface area (Å²) in [5, 5.41) is 0. The summed E-state index contributed by atoms with van der Waals surface area (Å²) in [4.78, 5) is 16.5. The number of nitrogens with zero attached hydrogens (tertiary/aromatic N) is 2. The molecule has 1 rings (SSSR count). The van der Waals surface area contributed by atoms with Gasteiger partial charge in [0.15, 0.2) is 0 Å². The van der Waals surface area contributed by atoms with Crippen LogP contribution in [0.2, 0.25) is 0 Å². The molecule has 19 heavy (non-hydrogen) atoms. The van der Waals surface area contributed by atoms with E-state index in [0.717, 1.165) is 52.2 Å². The molecule has 1 atom stereocenters. The van der Waals surface area contributed by atoms with Gasteiger partial charge in [0.1, 0.15) is 0 Å². The molecule has 2 N–H and O–H groups in total. The predicted molar refractivity (Wildman–Crippen MR) is 76.9 cm³/mol. The van der Waals surface area contributed by atoms with Crippen LogP contribution in [0.4, 0.5) is 0 Å². The lowest BCUT2D eigenvalue weighted by molar-refractivity contribution is -0.132. The van der Waals surface area contributed by atoms with E-state index in [-0.39, 0.29) is 11.9 Å². The Balaban J connectivity index is 2.41. The first-order valence-electron chi connectivity index (χ1n) is 7.30. The molecular formula is C14H29N3O2. The van der Waals surface area contributed by atoms with E-state index in [1.807, 2.05) is 4.90 Å². The Hall–Kier alpha value is -0.650. The predicted octanol–water partition coefficient (Wildman–Crippen LogP) is 0.541. The van der Waals surface area contributed by atoms with Gasteiger partial charge in [0.05, 0.1) is 12.6 Å². The van der Waals surface area contributed by atoms with Gasteiger partial charge in [0.25, 0.3) is 0 Å². The molecule has 0 aromatic rings. The van der Waals surface area contributed by atoms with Crippen molar-refractivity contribution in [3.8, 4) is 0 Å². The second kappa shape index (κ2) is 8.51. The molecule has 1 fully saturated rings. The molecule has 112 valence electrons. The monoisotopic (exact) mass is 271 g/mol. The van der Waals surface area contributed by atoms with Gasteiger partial charge in [-0.1, -0.05) is 13.8 Å². The molecule has 0 aromatic carbocycles. The van der Waals surface area contributed by atoms with Crippen molar-refractivity contribution in [2.75, 3.05) is 46.4 Å². The Kier molecular flexibility index (Phi) is 7.34. The SMILES string of the molecule is COCCN1CCCN(C(=O)[C@@H](N)CC(C)C)CC1. The van der Waals surface area contributed by atoms with Gasteiger partial charge in [-0.25, -0.2) is 0 Å². The highest BCUT2D eigenvalue weighted by atomic mass is 16.5. The minimum Gasteiger partial charge on any atom is -0.383 e.